The molecule has 0 saturated carbocycles. The number of nitrogens with zero attached hydrogens (tertiary/aromatic N) is 1. The molecule has 2 aliphatic rings. The SMILES string of the molecule is O=C(CCc1n[nH]c2c1CCCC2)N[C@@H]1COCC[C@@H]1OCCO. The lowest BCUT2D eigenvalue weighted by molar-refractivity contribution is -0.126. The maximum absolute atomic E-state index is 12.3. The van der Waals surface area contributed by atoms with Crippen LogP contribution in [-0.4, -0.2) is 59.8 Å². The Labute approximate surface area is 142 Å². The Morgan fingerprint density at radius 1 is 1.42 bits per heavy atom. The molecule has 7 heteroatoms. The maximum Gasteiger partial charge on any atom is 0.220 e. The normalized spacial score (nSPS) is 23.7. The minimum absolute atomic E-state index is 0.00402. The second-order valence-electron chi connectivity index (χ2n) is 6.50. The number of hydrogen-bond donors (Lipinski definition) is 3. The van der Waals surface area contributed by atoms with Gasteiger partial charge in [-0.2, -0.15) is 5.10 Å². The monoisotopic (exact) mass is 337 g/mol. The number of aliphatic hydroxyl groups is 1. The first kappa shape index (κ1) is 17.4. The van der Waals surface area contributed by atoms with E-state index in [0.717, 1.165) is 25.0 Å². The van der Waals surface area contributed by atoms with E-state index in [1.54, 1.807) is 0 Å². The predicted molar refractivity (Wildman–Crippen MR) is 87.7 cm³/mol. The number of carbonyl (C=O) groups excluding carboxylic acids is 1. The molecule has 3 rings (SSSR count). The zero-order chi connectivity index (χ0) is 16.8. The van der Waals surface area contributed by atoms with Crippen molar-refractivity contribution in [1.29, 1.82) is 0 Å². The second kappa shape index (κ2) is 8.60. The fraction of sp³-hybridized carbons (Fsp3) is 0.765. The van der Waals surface area contributed by atoms with E-state index in [0.29, 0.717) is 26.1 Å². The fourth-order valence-electron chi connectivity index (χ4n) is 3.52. The number of fused-ring (bicyclic) bond motifs is 1. The maximum atomic E-state index is 12.3. The van der Waals surface area contributed by atoms with Crippen molar-refractivity contribution in [2.75, 3.05) is 26.4 Å². The lowest BCUT2D eigenvalue weighted by Gasteiger charge is -2.32. The van der Waals surface area contributed by atoms with Crippen molar-refractivity contribution in [2.45, 2.75) is 57.1 Å². The van der Waals surface area contributed by atoms with Crippen molar-refractivity contribution in [3.8, 4) is 0 Å². The summed E-state index contributed by atoms with van der Waals surface area (Å²) in [5, 5.41) is 19.4. The summed E-state index contributed by atoms with van der Waals surface area (Å²) >= 11 is 0. The molecule has 1 amide bonds. The van der Waals surface area contributed by atoms with Crippen LogP contribution in [0.2, 0.25) is 0 Å². The molecule has 7 nitrogen and oxygen atoms in total. The van der Waals surface area contributed by atoms with Gasteiger partial charge in [-0.15, -0.1) is 0 Å². The number of carbonyl (C=O) groups is 1. The van der Waals surface area contributed by atoms with Gasteiger partial charge < -0.3 is 19.9 Å². The first-order valence-corrected chi connectivity index (χ1v) is 8.92. The van der Waals surface area contributed by atoms with E-state index in [1.165, 1.54) is 24.1 Å². The summed E-state index contributed by atoms with van der Waals surface area (Å²) in [7, 11) is 0. The number of H-pyrrole nitrogens is 1. The molecular formula is C17H27N3O4. The quantitative estimate of drug-likeness (QED) is 0.673. The van der Waals surface area contributed by atoms with Crippen LogP contribution >= 0.6 is 0 Å². The first-order chi connectivity index (χ1) is 11.8. The van der Waals surface area contributed by atoms with E-state index < -0.39 is 0 Å². The number of aromatic amines is 1. The van der Waals surface area contributed by atoms with Crippen LogP contribution in [-0.2, 0) is 33.5 Å². The number of ether oxygens (including phenoxy) is 2. The molecule has 0 bridgehead atoms. The highest BCUT2D eigenvalue weighted by Gasteiger charge is 2.28. The minimum Gasteiger partial charge on any atom is -0.394 e. The number of hydrogen-bond acceptors (Lipinski definition) is 5. The van der Waals surface area contributed by atoms with Crippen molar-refractivity contribution in [3.63, 3.8) is 0 Å². The number of nitrogens with one attached hydrogen (secondary N) is 2. The van der Waals surface area contributed by atoms with E-state index in [9.17, 15) is 4.79 Å². The summed E-state index contributed by atoms with van der Waals surface area (Å²) in [5.74, 6) is -0.00402. The van der Waals surface area contributed by atoms with Gasteiger partial charge in [-0.3, -0.25) is 9.89 Å². The summed E-state index contributed by atoms with van der Waals surface area (Å²) < 4.78 is 11.1. The van der Waals surface area contributed by atoms with Gasteiger partial charge in [0.05, 0.1) is 37.7 Å². The molecule has 134 valence electrons. The highest BCUT2D eigenvalue weighted by molar-refractivity contribution is 5.76. The Kier molecular flexibility index (Phi) is 6.23. The molecule has 1 aromatic rings. The van der Waals surface area contributed by atoms with Crippen LogP contribution in [0.1, 0.15) is 42.6 Å². The van der Waals surface area contributed by atoms with Crippen molar-refractivity contribution in [2.24, 2.45) is 0 Å². The Hall–Kier alpha value is -1.44. The Morgan fingerprint density at radius 3 is 3.17 bits per heavy atom. The molecule has 0 aromatic carbocycles. The van der Waals surface area contributed by atoms with Crippen molar-refractivity contribution < 1.29 is 19.4 Å². The van der Waals surface area contributed by atoms with Crippen LogP contribution < -0.4 is 5.32 Å². The summed E-state index contributed by atoms with van der Waals surface area (Å²) in [5.41, 5.74) is 3.60. The summed E-state index contributed by atoms with van der Waals surface area (Å²) in [6, 6.07) is -0.147. The van der Waals surface area contributed by atoms with Crippen molar-refractivity contribution in [1.82, 2.24) is 15.5 Å². The fourth-order valence-corrected chi connectivity index (χ4v) is 3.52. The first-order valence-electron chi connectivity index (χ1n) is 8.92. The molecule has 1 fully saturated rings. The topological polar surface area (TPSA) is 96.5 Å². The zero-order valence-corrected chi connectivity index (χ0v) is 14.1. The molecule has 1 aliphatic carbocycles. The number of rotatable bonds is 7. The van der Waals surface area contributed by atoms with Gasteiger partial charge in [0.25, 0.3) is 0 Å². The van der Waals surface area contributed by atoms with Crippen LogP contribution in [0.5, 0.6) is 0 Å². The molecule has 3 N–H and O–H groups in total. The van der Waals surface area contributed by atoms with E-state index in [2.05, 4.69) is 15.5 Å². The van der Waals surface area contributed by atoms with Crippen LogP contribution in [0.25, 0.3) is 0 Å². The minimum atomic E-state index is -0.147. The third-order valence-corrected chi connectivity index (χ3v) is 4.79. The van der Waals surface area contributed by atoms with Crippen LogP contribution in [0.3, 0.4) is 0 Å². The summed E-state index contributed by atoms with van der Waals surface area (Å²) in [6.07, 6.45) is 6.27. The second-order valence-corrected chi connectivity index (χ2v) is 6.50. The van der Waals surface area contributed by atoms with Gasteiger partial charge in [-0.05, 0) is 37.7 Å². The van der Waals surface area contributed by atoms with Crippen LogP contribution in [0, 0.1) is 0 Å². The highest BCUT2D eigenvalue weighted by Crippen LogP contribution is 2.23. The number of aryl methyl sites for hydroxylation is 2. The molecule has 2 atom stereocenters. The van der Waals surface area contributed by atoms with Gasteiger partial charge in [-0.1, -0.05) is 0 Å². The van der Waals surface area contributed by atoms with Crippen molar-refractivity contribution in [3.05, 3.63) is 17.0 Å². The molecule has 0 unspecified atom stereocenters. The summed E-state index contributed by atoms with van der Waals surface area (Å²) in [6.45, 7) is 1.36. The molecular weight excluding hydrogens is 310 g/mol. The van der Waals surface area contributed by atoms with Gasteiger partial charge in [0.2, 0.25) is 5.91 Å². The van der Waals surface area contributed by atoms with E-state index in [1.807, 2.05) is 0 Å². The number of amides is 1. The number of aliphatic hydroxyl groups excluding tert-OH is 1. The van der Waals surface area contributed by atoms with Gasteiger partial charge >= 0.3 is 0 Å². The third kappa shape index (κ3) is 4.34. The van der Waals surface area contributed by atoms with Crippen LogP contribution in [0.15, 0.2) is 0 Å². The van der Waals surface area contributed by atoms with Crippen LogP contribution in [0.4, 0.5) is 0 Å². The lowest BCUT2D eigenvalue weighted by atomic mass is 9.94. The van der Waals surface area contributed by atoms with E-state index >= 15 is 0 Å². The average Bonchev–Trinajstić information content (AvgIpc) is 3.02. The van der Waals surface area contributed by atoms with E-state index in [-0.39, 0.29) is 31.3 Å². The average molecular weight is 337 g/mol. The molecule has 1 aromatic heterocycles. The lowest BCUT2D eigenvalue weighted by Crippen LogP contribution is -2.50. The molecule has 1 aliphatic heterocycles. The molecule has 0 radical (unpaired) electrons. The number of aromatic nitrogens is 2. The Bertz CT molecular complexity index is 546. The Morgan fingerprint density at radius 2 is 2.29 bits per heavy atom. The van der Waals surface area contributed by atoms with Gasteiger partial charge in [0, 0.05) is 25.1 Å². The third-order valence-electron chi connectivity index (χ3n) is 4.79. The molecule has 0 spiro atoms. The van der Waals surface area contributed by atoms with Gasteiger partial charge in [-0.25, -0.2) is 0 Å². The van der Waals surface area contributed by atoms with Gasteiger partial charge in [0.1, 0.15) is 0 Å². The van der Waals surface area contributed by atoms with E-state index in [4.69, 9.17) is 14.6 Å². The summed E-state index contributed by atoms with van der Waals surface area (Å²) in [4.78, 5) is 12.3. The van der Waals surface area contributed by atoms with Gasteiger partial charge in [0.15, 0.2) is 0 Å². The standard InChI is InChI=1S/C17H27N3O4/c21-8-10-24-16-7-9-23-11-15(16)18-17(22)6-5-14-12-3-1-2-4-13(12)19-20-14/h15-16,21H,1-11H2,(H,18,22)(H,19,20)/t15-,16+/m1/s1. The Balaban J connectivity index is 1.48. The predicted octanol–water partition coefficient (Wildman–Crippen LogP) is 0.504. The van der Waals surface area contributed by atoms with Crippen molar-refractivity contribution >= 4 is 5.91 Å². The highest BCUT2D eigenvalue weighted by atomic mass is 16.5. The smallest absolute Gasteiger partial charge is 0.220 e. The molecule has 2 heterocycles. The molecule has 1 saturated heterocycles. The largest absolute Gasteiger partial charge is 0.394 e. The zero-order valence-electron chi connectivity index (χ0n) is 14.1. The molecule has 24 heavy (non-hydrogen) atoms.